The normalized spacial score (nSPS) is 9.69. The molecule has 0 aliphatic heterocycles. The van der Waals surface area contributed by atoms with Gasteiger partial charge in [0.05, 0.1) is 0 Å². The molecule has 1 rings (SSSR count). The van der Waals surface area contributed by atoms with Crippen LogP contribution < -0.4 is 5.32 Å². The zero-order valence-electron chi connectivity index (χ0n) is 7.50. The van der Waals surface area contributed by atoms with Gasteiger partial charge in [-0.05, 0) is 24.5 Å². The summed E-state index contributed by atoms with van der Waals surface area (Å²) in [6, 6.07) is 4.87. The van der Waals surface area contributed by atoms with E-state index in [1.54, 1.807) is 19.2 Å². The molecule has 0 atom stereocenters. The molecule has 70 valence electrons. The Morgan fingerprint density at radius 1 is 1.54 bits per heavy atom. The van der Waals surface area contributed by atoms with Crippen molar-refractivity contribution in [2.24, 2.45) is 0 Å². The summed E-state index contributed by atoms with van der Waals surface area (Å²) in [6.07, 6.45) is 1.87. The molecule has 0 heterocycles. The van der Waals surface area contributed by atoms with Gasteiger partial charge in [-0.25, -0.2) is 0 Å². The quantitative estimate of drug-likeness (QED) is 0.706. The molecule has 3 nitrogen and oxygen atoms in total. The Kier molecular flexibility index (Phi) is 3.19. The summed E-state index contributed by atoms with van der Waals surface area (Å²) in [4.78, 5) is 11.9. The van der Waals surface area contributed by atoms with Gasteiger partial charge in [0.2, 0.25) is 0 Å². The third-order valence-corrected chi connectivity index (χ3v) is 2.45. The standard InChI is InChI=1S/C9H11NO2S/c1-10-9(12)6-3-4-8(13-2)7(11)5-6/h3-5,11H,1-2H3,(H,10,12). The van der Waals surface area contributed by atoms with Crippen LogP contribution in [0, 0.1) is 0 Å². The highest BCUT2D eigenvalue weighted by molar-refractivity contribution is 7.98. The lowest BCUT2D eigenvalue weighted by Gasteiger charge is -2.03. The summed E-state index contributed by atoms with van der Waals surface area (Å²) in [5.41, 5.74) is 0.470. The van der Waals surface area contributed by atoms with Crippen LogP contribution in [-0.2, 0) is 0 Å². The number of carbonyl (C=O) groups is 1. The molecular formula is C9H11NO2S. The number of rotatable bonds is 2. The fraction of sp³-hybridized carbons (Fsp3) is 0.222. The Hall–Kier alpha value is -1.16. The number of phenols is 1. The average Bonchev–Trinajstić information content (AvgIpc) is 2.16. The van der Waals surface area contributed by atoms with E-state index < -0.39 is 0 Å². The van der Waals surface area contributed by atoms with Crippen LogP contribution in [-0.4, -0.2) is 24.3 Å². The van der Waals surface area contributed by atoms with Crippen molar-refractivity contribution >= 4 is 17.7 Å². The SMILES string of the molecule is CNC(=O)c1ccc(SC)c(O)c1. The number of thioether (sulfide) groups is 1. The second kappa shape index (κ2) is 4.18. The minimum atomic E-state index is -0.192. The van der Waals surface area contributed by atoms with E-state index in [1.165, 1.54) is 17.8 Å². The maximum absolute atomic E-state index is 11.1. The molecule has 13 heavy (non-hydrogen) atoms. The number of aromatic hydroxyl groups is 1. The molecular weight excluding hydrogens is 186 g/mol. The predicted molar refractivity (Wildman–Crippen MR) is 53.3 cm³/mol. The summed E-state index contributed by atoms with van der Waals surface area (Å²) >= 11 is 1.44. The molecule has 1 aromatic carbocycles. The Balaban J connectivity index is 3.02. The van der Waals surface area contributed by atoms with Gasteiger partial charge >= 0.3 is 0 Å². The summed E-state index contributed by atoms with van der Waals surface area (Å²) in [5, 5.41) is 11.9. The monoisotopic (exact) mass is 197 g/mol. The second-order valence-electron chi connectivity index (χ2n) is 2.47. The molecule has 0 saturated heterocycles. The lowest BCUT2D eigenvalue weighted by Crippen LogP contribution is -2.17. The molecule has 0 fully saturated rings. The van der Waals surface area contributed by atoms with Crippen LogP contribution in [0.3, 0.4) is 0 Å². The van der Waals surface area contributed by atoms with Crippen molar-refractivity contribution in [2.75, 3.05) is 13.3 Å². The van der Waals surface area contributed by atoms with Crippen LogP contribution in [0.25, 0.3) is 0 Å². The number of hydrogen-bond donors (Lipinski definition) is 2. The highest BCUT2D eigenvalue weighted by Crippen LogP contribution is 2.26. The van der Waals surface area contributed by atoms with Crippen molar-refractivity contribution in [1.82, 2.24) is 5.32 Å². The molecule has 0 radical (unpaired) electrons. The fourth-order valence-corrected chi connectivity index (χ4v) is 1.45. The number of hydrogen-bond acceptors (Lipinski definition) is 3. The Labute approximate surface area is 81.2 Å². The Bertz CT molecular complexity index is 325. The molecule has 0 aromatic heterocycles. The lowest BCUT2D eigenvalue weighted by atomic mass is 10.2. The van der Waals surface area contributed by atoms with Crippen molar-refractivity contribution in [1.29, 1.82) is 0 Å². The zero-order chi connectivity index (χ0) is 9.84. The smallest absolute Gasteiger partial charge is 0.251 e. The Morgan fingerprint density at radius 3 is 2.69 bits per heavy atom. The molecule has 1 aromatic rings. The maximum atomic E-state index is 11.1. The van der Waals surface area contributed by atoms with E-state index in [-0.39, 0.29) is 11.7 Å². The van der Waals surface area contributed by atoms with Crippen LogP contribution in [0.2, 0.25) is 0 Å². The molecule has 1 amide bonds. The summed E-state index contributed by atoms with van der Waals surface area (Å²) < 4.78 is 0. The number of benzene rings is 1. The summed E-state index contributed by atoms with van der Waals surface area (Å²) in [7, 11) is 1.56. The van der Waals surface area contributed by atoms with Crippen molar-refractivity contribution in [3.8, 4) is 5.75 Å². The predicted octanol–water partition coefficient (Wildman–Crippen LogP) is 1.47. The number of amides is 1. The van der Waals surface area contributed by atoms with E-state index in [1.807, 2.05) is 6.26 Å². The third kappa shape index (κ3) is 2.15. The maximum Gasteiger partial charge on any atom is 0.251 e. The van der Waals surface area contributed by atoms with Gasteiger partial charge in [-0.1, -0.05) is 0 Å². The number of phenolic OH excluding ortho intramolecular Hbond substituents is 1. The van der Waals surface area contributed by atoms with E-state index in [4.69, 9.17) is 0 Å². The lowest BCUT2D eigenvalue weighted by molar-refractivity contribution is 0.0962. The topological polar surface area (TPSA) is 49.3 Å². The molecule has 2 N–H and O–H groups in total. The summed E-state index contributed by atoms with van der Waals surface area (Å²) in [5.74, 6) is -0.0449. The van der Waals surface area contributed by atoms with Crippen LogP contribution in [0.4, 0.5) is 0 Å². The van der Waals surface area contributed by atoms with Gasteiger partial charge in [-0.15, -0.1) is 11.8 Å². The summed E-state index contributed by atoms with van der Waals surface area (Å²) in [6.45, 7) is 0. The molecule has 0 aliphatic carbocycles. The van der Waals surface area contributed by atoms with E-state index in [0.717, 1.165) is 4.90 Å². The van der Waals surface area contributed by atoms with Gasteiger partial charge in [0.25, 0.3) is 5.91 Å². The number of carbonyl (C=O) groups excluding carboxylic acids is 1. The van der Waals surface area contributed by atoms with Crippen LogP contribution in [0.5, 0.6) is 5.75 Å². The molecule has 0 spiro atoms. The molecule has 0 aliphatic rings. The van der Waals surface area contributed by atoms with E-state index in [2.05, 4.69) is 5.32 Å². The van der Waals surface area contributed by atoms with Crippen molar-refractivity contribution in [3.63, 3.8) is 0 Å². The van der Waals surface area contributed by atoms with E-state index in [0.29, 0.717) is 5.56 Å². The minimum Gasteiger partial charge on any atom is -0.507 e. The van der Waals surface area contributed by atoms with E-state index >= 15 is 0 Å². The molecule has 0 saturated carbocycles. The number of nitrogens with one attached hydrogen (secondary N) is 1. The zero-order valence-corrected chi connectivity index (χ0v) is 8.31. The first kappa shape index (κ1) is 9.92. The minimum absolute atomic E-state index is 0.147. The first-order valence-corrected chi connectivity index (χ1v) is 5.00. The third-order valence-electron chi connectivity index (χ3n) is 1.67. The highest BCUT2D eigenvalue weighted by Gasteiger charge is 2.06. The van der Waals surface area contributed by atoms with Gasteiger partial charge in [0.1, 0.15) is 5.75 Å². The highest BCUT2D eigenvalue weighted by atomic mass is 32.2. The van der Waals surface area contributed by atoms with Crippen molar-refractivity contribution in [3.05, 3.63) is 23.8 Å². The van der Waals surface area contributed by atoms with Gasteiger partial charge in [0, 0.05) is 17.5 Å². The second-order valence-corrected chi connectivity index (χ2v) is 3.31. The average molecular weight is 197 g/mol. The first-order chi connectivity index (χ1) is 6.19. The van der Waals surface area contributed by atoms with Gasteiger partial charge in [0.15, 0.2) is 0 Å². The van der Waals surface area contributed by atoms with Crippen molar-refractivity contribution in [2.45, 2.75) is 4.90 Å². The Morgan fingerprint density at radius 2 is 2.23 bits per heavy atom. The van der Waals surface area contributed by atoms with Gasteiger partial charge < -0.3 is 10.4 Å². The molecule has 4 heteroatoms. The van der Waals surface area contributed by atoms with Crippen LogP contribution in [0.15, 0.2) is 23.1 Å². The van der Waals surface area contributed by atoms with Crippen LogP contribution in [0.1, 0.15) is 10.4 Å². The van der Waals surface area contributed by atoms with E-state index in [9.17, 15) is 9.90 Å². The largest absolute Gasteiger partial charge is 0.507 e. The fourth-order valence-electron chi connectivity index (χ4n) is 0.976. The van der Waals surface area contributed by atoms with Crippen molar-refractivity contribution < 1.29 is 9.90 Å². The molecule has 0 unspecified atom stereocenters. The van der Waals surface area contributed by atoms with Crippen LogP contribution >= 0.6 is 11.8 Å². The molecule has 0 bridgehead atoms. The van der Waals surface area contributed by atoms with Gasteiger partial charge in [-0.2, -0.15) is 0 Å². The van der Waals surface area contributed by atoms with Gasteiger partial charge in [-0.3, -0.25) is 4.79 Å². The first-order valence-electron chi connectivity index (χ1n) is 3.78.